The zero-order valence-corrected chi connectivity index (χ0v) is 12.0. The molecular weight excluding hydrogens is 252 g/mol. The van der Waals surface area contributed by atoms with E-state index >= 15 is 0 Å². The maximum absolute atomic E-state index is 12.1. The summed E-state index contributed by atoms with van der Waals surface area (Å²) >= 11 is 1.23. The van der Waals surface area contributed by atoms with Crippen molar-refractivity contribution in [2.45, 2.75) is 32.7 Å². The Morgan fingerprint density at radius 1 is 1.50 bits per heavy atom. The molecule has 18 heavy (non-hydrogen) atoms. The van der Waals surface area contributed by atoms with Gasteiger partial charge in [-0.3, -0.25) is 4.79 Å². The van der Waals surface area contributed by atoms with Crippen LogP contribution in [-0.4, -0.2) is 51.8 Å². The zero-order valence-electron chi connectivity index (χ0n) is 11.2. The number of rotatable bonds is 6. The normalized spacial score (nSPS) is 11.4. The van der Waals surface area contributed by atoms with Gasteiger partial charge in [0.2, 0.25) is 10.1 Å². The van der Waals surface area contributed by atoms with Crippen molar-refractivity contribution in [2.24, 2.45) is 0 Å². The van der Waals surface area contributed by atoms with Crippen molar-refractivity contribution in [2.75, 3.05) is 25.5 Å². The Labute approximate surface area is 111 Å². The van der Waals surface area contributed by atoms with Gasteiger partial charge in [-0.05, 0) is 20.3 Å². The van der Waals surface area contributed by atoms with Crippen LogP contribution in [0.15, 0.2) is 0 Å². The molecule has 0 aromatic carbocycles. The van der Waals surface area contributed by atoms with Crippen LogP contribution in [0.25, 0.3) is 0 Å². The minimum Gasteiger partial charge on any atom is -0.394 e. The monoisotopic (exact) mass is 272 g/mol. The number of aromatic nitrogens is 2. The summed E-state index contributed by atoms with van der Waals surface area (Å²) < 4.78 is 0. The first kappa shape index (κ1) is 14.8. The average molecular weight is 272 g/mol. The highest BCUT2D eigenvalue weighted by Gasteiger charge is 2.29. The quantitative estimate of drug-likeness (QED) is 0.813. The Morgan fingerprint density at radius 3 is 2.72 bits per heavy atom. The van der Waals surface area contributed by atoms with E-state index in [-0.39, 0.29) is 12.5 Å². The van der Waals surface area contributed by atoms with Gasteiger partial charge >= 0.3 is 0 Å². The van der Waals surface area contributed by atoms with Crippen molar-refractivity contribution in [3.63, 3.8) is 0 Å². The van der Waals surface area contributed by atoms with Crippen LogP contribution in [0.3, 0.4) is 0 Å². The van der Waals surface area contributed by atoms with Gasteiger partial charge < -0.3 is 15.3 Å². The smallest absolute Gasteiger partial charge is 0.285 e. The standard InChI is InChI=1S/C11H20N4O2S/c1-5-6-12-10-14-13-8(18-10)9(17)15(4)11(2,3)7-16/h16H,5-7H2,1-4H3,(H,12,14). The molecule has 0 unspecified atom stereocenters. The minimum absolute atomic E-state index is 0.102. The van der Waals surface area contributed by atoms with Crippen LogP contribution in [-0.2, 0) is 0 Å². The molecule has 0 atom stereocenters. The lowest BCUT2D eigenvalue weighted by atomic mass is 10.1. The molecule has 2 N–H and O–H groups in total. The van der Waals surface area contributed by atoms with E-state index in [0.717, 1.165) is 13.0 Å². The van der Waals surface area contributed by atoms with Gasteiger partial charge in [-0.1, -0.05) is 18.3 Å². The summed E-state index contributed by atoms with van der Waals surface area (Å²) in [6, 6.07) is 0. The molecular formula is C11H20N4O2S. The van der Waals surface area contributed by atoms with E-state index in [1.807, 2.05) is 0 Å². The van der Waals surface area contributed by atoms with Crippen molar-refractivity contribution in [1.29, 1.82) is 0 Å². The van der Waals surface area contributed by atoms with Crippen LogP contribution in [0.4, 0.5) is 5.13 Å². The lowest BCUT2D eigenvalue weighted by molar-refractivity contribution is 0.0472. The molecule has 1 rings (SSSR count). The second-order valence-electron chi connectivity index (χ2n) is 4.67. The number of nitrogens with zero attached hydrogens (tertiary/aromatic N) is 3. The average Bonchev–Trinajstić information content (AvgIpc) is 2.83. The predicted octanol–water partition coefficient (Wildman–Crippen LogP) is 1.20. The molecule has 1 aromatic rings. The number of anilines is 1. The summed E-state index contributed by atoms with van der Waals surface area (Å²) in [5, 5.41) is 21.1. The third-order valence-corrected chi connectivity index (χ3v) is 3.60. The first-order valence-electron chi connectivity index (χ1n) is 5.88. The number of carbonyl (C=O) groups is 1. The van der Waals surface area contributed by atoms with Crippen molar-refractivity contribution >= 4 is 22.4 Å². The topological polar surface area (TPSA) is 78.4 Å². The number of aliphatic hydroxyl groups excluding tert-OH is 1. The lowest BCUT2D eigenvalue weighted by Gasteiger charge is -2.33. The molecule has 0 aliphatic heterocycles. The molecule has 0 fully saturated rings. The van der Waals surface area contributed by atoms with Gasteiger partial charge in [0.25, 0.3) is 5.91 Å². The first-order valence-corrected chi connectivity index (χ1v) is 6.70. The van der Waals surface area contributed by atoms with Crippen molar-refractivity contribution in [1.82, 2.24) is 15.1 Å². The minimum atomic E-state index is -0.611. The first-order chi connectivity index (χ1) is 8.42. The number of hydrogen-bond acceptors (Lipinski definition) is 6. The number of nitrogens with one attached hydrogen (secondary N) is 1. The van der Waals surface area contributed by atoms with E-state index in [2.05, 4.69) is 22.4 Å². The second-order valence-corrected chi connectivity index (χ2v) is 5.65. The molecule has 6 nitrogen and oxygen atoms in total. The fourth-order valence-corrected chi connectivity index (χ4v) is 1.88. The number of aliphatic hydroxyl groups is 1. The summed E-state index contributed by atoms with van der Waals surface area (Å²) in [5.74, 6) is -0.226. The Bertz CT molecular complexity index is 406. The van der Waals surface area contributed by atoms with Gasteiger partial charge in [-0.25, -0.2) is 0 Å². The maximum Gasteiger partial charge on any atom is 0.285 e. The summed E-state index contributed by atoms with van der Waals surface area (Å²) in [7, 11) is 1.65. The van der Waals surface area contributed by atoms with Crippen molar-refractivity contribution < 1.29 is 9.90 Å². The van der Waals surface area contributed by atoms with Gasteiger partial charge in [0.05, 0.1) is 12.1 Å². The predicted molar refractivity (Wildman–Crippen MR) is 71.9 cm³/mol. The summed E-state index contributed by atoms with van der Waals surface area (Å²) in [5.41, 5.74) is -0.611. The third-order valence-electron chi connectivity index (χ3n) is 2.73. The molecule has 7 heteroatoms. The number of likely N-dealkylation sites (N-methyl/N-ethyl adjacent to an activating group) is 1. The summed E-state index contributed by atoms with van der Waals surface area (Å²) in [6.07, 6.45) is 0.986. The van der Waals surface area contributed by atoms with Crippen LogP contribution >= 0.6 is 11.3 Å². The van der Waals surface area contributed by atoms with Crippen LogP contribution in [0.2, 0.25) is 0 Å². The van der Waals surface area contributed by atoms with Crippen molar-refractivity contribution in [3.05, 3.63) is 5.01 Å². The number of hydrogen-bond donors (Lipinski definition) is 2. The molecule has 102 valence electrons. The van der Waals surface area contributed by atoms with Gasteiger partial charge in [0, 0.05) is 13.6 Å². The summed E-state index contributed by atoms with van der Waals surface area (Å²) in [6.45, 7) is 6.35. The fraction of sp³-hybridized carbons (Fsp3) is 0.727. The highest BCUT2D eigenvalue weighted by atomic mass is 32.1. The van der Waals surface area contributed by atoms with E-state index < -0.39 is 5.54 Å². The molecule has 0 spiro atoms. The third kappa shape index (κ3) is 3.39. The fourth-order valence-electron chi connectivity index (χ4n) is 1.14. The van der Waals surface area contributed by atoms with Gasteiger partial charge in [-0.15, -0.1) is 10.2 Å². The van der Waals surface area contributed by atoms with E-state index in [9.17, 15) is 9.90 Å². The maximum atomic E-state index is 12.1. The van der Waals surface area contributed by atoms with E-state index in [1.54, 1.807) is 20.9 Å². The number of carbonyl (C=O) groups excluding carboxylic acids is 1. The zero-order chi connectivity index (χ0) is 13.8. The Morgan fingerprint density at radius 2 is 2.17 bits per heavy atom. The molecule has 1 aromatic heterocycles. The molecule has 0 bridgehead atoms. The number of amides is 1. The van der Waals surface area contributed by atoms with Crippen molar-refractivity contribution in [3.8, 4) is 0 Å². The molecule has 1 amide bonds. The Hall–Kier alpha value is -1.21. The molecule has 0 radical (unpaired) electrons. The van der Waals surface area contributed by atoms with Crippen LogP contribution in [0.1, 0.15) is 37.0 Å². The Balaban J connectivity index is 2.75. The molecule has 1 heterocycles. The molecule has 0 aliphatic rings. The van der Waals surface area contributed by atoms with Gasteiger partial charge in [0.15, 0.2) is 0 Å². The molecule has 0 saturated heterocycles. The van der Waals surface area contributed by atoms with Crippen LogP contribution in [0.5, 0.6) is 0 Å². The summed E-state index contributed by atoms with van der Waals surface area (Å²) in [4.78, 5) is 13.6. The van der Waals surface area contributed by atoms with E-state index in [0.29, 0.717) is 10.1 Å². The highest BCUT2D eigenvalue weighted by Crippen LogP contribution is 2.20. The Kier molecular flexibility index (Phi) is 5.03. The second kappa shape index (κ2) is 6.10. The van der Waals surface area contributed by atoms with Gasteiger partial charge in [0.1, 0.15) is 0 Å². The van der Waals surface area contributed by atoms with Gasteiger partial charge in [-0.2, -0.15) is 0 Å². The van der Waals surface area contributed by atoms with Crippen LogP contribution < -0.4 is 5.32 Å². The molecule has 0 saturated carbocycles. The highest BCUT2D eigenvalue weighted by molar-refractivity contribution is 7.17. The SMILES string of the molecule is CCCNc1nnc(C(=O)N(C)C(C)(C)CO)s1. The lowest BCUT2D eigenvalue weighted by Crippen LogP contribution is -2.47. The largest absolute Gasteiger partial charge is 0.394 e. The van der Waals surface area contributed by atoms with Crippen LogP contribution in [0, 0.1) is 0 Å². The molecule has 0 aliphatic carbocycles. The van der Waals surface area contributed by atoms with E-state index in [4.69, 9.17) is 0 Å². The van der Waals surface area contributed by atoms with E-state index in [1.165, 1.54) is 16.2 Å².